The summed E-state index contributed by atoms with van der Waals surface area (Å²) in [5, 5.41) is 0. The lowest BCUT2D eigenvalue weighted by atomic mass is 9.89. The molecule has 0 aliphatic heterocycles. The third kappa shape index (κ3) is 3.64. The molecule has 80 valence electrons. The van der Waals surface area contributed by atoms with Crippen molar-refractivity contribution in [2.45, 2.75) is 32.1 Å². The van der Waals surface area contributed by atoms with Gasteiger partial charge in [-0.2, -0.15) is 0 Å². The van der Waals surface area contributed by atoms with E-state index in [0.717, 1.165) is 25.7 Å². The zero-order chi connectivity index (χ0) is 10.4. The maximum absolute atomic E-state index is 11.4. The highest BCUT2D eigenvalue weighted by Gasteiger charge is 2.21. The van der Waals surface area contributed by atoms with Crippen LogP contribution in [0.4, 0.5) is 0 Å². The Labute approximate surface area is 83.5 Å². The average Bonchev–Trinajstić information content (AvgIpc) is 2.18. The van der Waals surface area contributed by atoms with Crippen LogP contribution in [0.25, 0.3) is 0 Å². The minimum Gasteiger partial charge on any atom is -0.442 e. The number of nitrogens with zero attached hydrogens (tertiary/aromatic N) is 1. The van der Waals surface area contributed by atoms with Gasteiger partial charge in [-0.25, -0.2) is 4.99 Å². The summed E-state index contributed by atoms with van der Waals surface area (Å²) in [6, 6.07) is 0. The van der Waals surface area contributed by atoms with Crippen LogP contribution >= 0.6 is 0 Å². The van der Waals surface area contributed by atoms with Gasteiger partial charge in [0.2, 0.25) is 0 Å². The summed E-state index contributed by atoms with van der Waals surface area (Å²) in [5.41, 5.74) is 10.2. The highest BCUT2D eigenvalue weighted by Crippen LogP contribution is 2.24. The predicted octanol–water partition coefficient (Wildman–Crippen LogP) is 0.341. The number of nitrogens with two attached hydrogens (primary N) is 2. The predicted molar refractivity (Wildman–Crippen MR) is 53.3 cm³/mol. The van der Waals surface area contributed by atoms with Crippen LogP contribution in [0.15, 0.2) is 4.99 Å². The third-order valence-electron chi connectivity index (χ3n) is 2.39. The van der Waals surface area contributed by atoms with Gasteiger partial charge in [-0.15, -0.1) is 0 Å². The van der Waals surface area contributed by atoms with E-state index in [-0.39, 0.29) is 24.6 Å². The van der Waals surface area contributed by atoms with Crippen molar-refractivity contribution in [3.05, 3.63) is 0 Å². The van der Waals surface area contributed by atoms with Gasteiger partial charge in [-0.1, -0.05) is 19.3 Å². The maximum atomic E-state index is 11.4. The molecule has 0 aromatic carbocycles. The lowest BCUT2D eigenvalue weighted by Crippen LogP contribution is -2.25. The summed E-state index contributed by atoms with van der Waals surface area (Å²) in [4.78, 5) is 15.0. The first-order chi connectivity index (χ1) is 6.70. The Balaban J connectivity index is 2.23. The second kappa shape index (κ2) is 5.47. The lowest BCUT2D eigenvalue weighted by Gasteiger charge is -2.19. The fraction of sp³-hybridized carbons (Fsp3) is 0.778. The molecule has 0 radical (unpaired) electrons. The van der Waals surface area contributed by atoms with Crippen molar-refractivity contribution in [3.8, 4) is 0 Å². The smallest absolute Gasteiger partial charge is 0.310 e. The van der Waals surface area contributed by atoms with Gasteiger partial charge in [-0.05, 0) is 12.8 Å². The minimum atomic E-state index is -0.172. The molecule has 5 nitrogen and oxygen atoms in total. The molecule has 5 heteroatoms. The number of hydrogen-bond acceptors (Lipinski definition) is 3. The van der Waals surface area contributed by atoms with Gasteiger partial charge >= 0.3 is 5.97 Å². The van der Waals surface area contributed by atoms with E-state index in [1.165, 1.54) is 6.42 Å². The van der Waals surface area contributed by atoms with Crippen molar-refractivity contribution in [2.75, 3.05) is 6.73 Å². The molecule has 14 heavy (non-hydrogen) atoms. The van der Waals surface area contributed by atoms with Crippen molar-refractivity contribution < 1.29 is 9.53 Å². The Kier molecular flexibility index (Phi) is 4.22. The number of guanidine groups is 1. The number of carbonyl (C=O) groups excluding carboxylic acids is 1. The zero-order valence-electron chi connectivity index (χ0n) is 8.24. The van der Waals surface area contributed by atoms with Gasteiger partial charge in [0.1, 0.15) is 0 Å². The van der Waals surface area contributed by atoms with E-state index >= 15 is 0 Å². The molecule has 1 fully saturated rings. The van der Waals surface area contributed by atoms with Crippen molar-refractivity contribution >= 4 is 11.9 Å². The zero-order valence-corrected chi connectivity index (χ0v) is 8.24. The van der Waals surface area contributed by atoms with Gasteiger partial charge in [0.15, 0.2) is 12.7 Å². The van der Waals surface area contributed by atoms with Crippen LogP contribution < -0.4 is 11.5 Å². The number of esters is 1. The van der Waals surface area contributed by atoms with Crippen molar-refractivity contribution in [2.24, 2.45) is 22.4 Å². The van der Waals surface area contributed by atoms with E-state index in [0.29, 0.717) is 0 Å². The molecule has 1 rings (SSSR count). The molecule has 0 heterocycles. The minimum absolute atomic E-state index is 0.0537. The summed E-state index contributed by atoms with van der Waals surface area (Å²) in [5.74, 6) is -0.172. The molecule has 0 unspecified atom stereocenters. The fourth-order valence-corrected chi connectivity index (χ4v) is 1.63. The fourth-order valence-electron chi connectivity index (χ4n) is 1.63. The molecule has 0 bridgehead atoms. The highest BCUT2D eigenvalue weighted by atomic mass is 16.5. The van der Waals surface area contributed by atoms with Gasteiger partial charge in [0.05, 0.1) is 5.92 Å². The Bertz CT molecular complexity index is 218. The molecule has 0 amide bonds. The number of carbonyl (C=O) groups is 1. The first kappa shape index (κ1) is 10.8. The van der Waals surface area contributed by atoms with Crippen LogP contribution in [0.2, 0.25) is 0 Å². The summed E-state index contributed by atoms with van der Waals surface area (Å²) in [6.07, 6.45) is 5.31. The Morgan fingerprint density at radius 1 is 1.29 bits per heavy atom. The van der Waals surface area contributed by atoms with Crippen molar-refractivity contribution in [3.63, 3.8) is 0 Å². The third-order valence-corrected chi connectivity index (χ3v) is 2.39. The average molecular weight is 199 g/mol. The van der Waals surface area contributed by atoms with Crippen LogP contribution in [0.1, 0.15) is 32.1 Å². The van der Waals surface area contributed by atoms with Crippen LogP contribution in [0.3, 0.4) is 0 Å². The number of rotatable bonds is 3. The Hall–Kier alpha value is -1.26. The van der Waals surface area contributed by atoms with Crippen LogP contribution in [0.5, 0.6) is 0 Å². The SMILES string of the molecule is NC(N)=NCOC(=O)C1CCCCC1. The normalized spacial score (nSPS) is 17.4. The lowest BCUT2D eigenvalue weighted by molar-refractivity contribution is -0.149. The Morgan fingerprint density at radius 3 is 2.50 bits per heavy atom. The van der Waals surface area contributed by atoms with Crippen molar-refractivity contribution in [1.82, 2.24) is 0 Å². The van der Waals surface area contributed by atoms with E-state index < -0.39 is 0 Å². The first-order valence-corrected chi connectivity index (χ1v) is 4.92. The summed E-state index contributed by atoms with van der Waals surface area (Å²) in [6.45, 7) is -0.0579. The molecular weight excluding hydrogens is 182 g/mol. The largest absolute Gasteiger partial charge is 0.442 e. The quantitative estimate of drug-likeness (QED) is 0.389. The second-order valence-corrected chi connectivity index (χ2v) is 3.51. The number of aliphatic imine (C=N–C) groups is 1. The highest BCUT2D eigenvalue weighted by molar-refractivity contribution is 5.76. The second-order valence-electron chi connectivity index (χ2n) is 3.51. The monoisotopic (exact) mass is 199 g/mol. The molecule has 1 saturated carbocycles. The van der Waals surface area contributed by atoms with Crippen LogP contribution in [-0.4, -0.2) is 18.7 Å². The molecular formula is C9H17N3O2. The molecule has 0 aromatic rings. The van der Waals surface area contributed by atoms with Crippen LogP contribution in [0, 0.1) is 5.92 Å². The van der Waals surface area contributed by atoms with E-state index in [9.17, 15) is 4.79 Å². The van der Waals surface area contributed by atoms with E-state index in [4.69, 9.17) is 16.2 Å². The molecule has 4 N–H and O–H groups in total. The van der Waals surface area contributed by atoms with Crippen molar-refractivity contribution in [1.29, 1.82) is 0 Å². The summed E-state index contributed by atoms with van der Waals surface area (Å²) in [7, 11) is 0. The van der Waals surface area contributed by atoms with E-state index in [1.54, 1.807) is 0 Å². The standard InChI is InChI=1S/C9H17N3O2/c10-9(11)12-6-14-8(13)7-4-2-1-3-5-7/h7H,1-6H2,(H4,10,11,12). The number of ether oxygens (including phenoxy) is 1. The topological polar surface area (TPSA) is 90.7 Å². The molecule has 0 spiro atoms. The van der Waals surface area contributed by atoms with E-state index in [2.05, 4.69) is 4.99 Å². The summed E-state index contributed by atoms with van der Waals surface area (Å²) >= 11 is 0. The maximum Gasteiger partial charge on any atom is 0.310 e. The van der Waals surface area contributed by atoms with E-state index in [1.807, 2.05) is 0 Å². The molecule has 0 saturated heterocycles. The van der Waals surface area contributed by atoms with Gasteiger partial charge < -0.3 is 16.2 Å². The van der Waals surface area contributed by atoms with Crippen LogP contribution in [-0.2, 0) is 9.53 Å². The Morgan fingerprint density at radius 2 is 1.93 bits per heavy atom. The molecule has 1 aliphatic rings. The number of hydrogen-bond donors (Lipinski definition) is 2. The van der Waals surface area contributed by atoms with Gasteiger partial charge in [-0.3, -0.25) is 4.79 Å². The molecule has 0 aromatic heterocycles. The van der Waals surface area contributed by atoms with Gasteiger partial charge in [0.25, 0.3) is 0 Å². The molecule has 0 atom stereocenters. The molecule has 1 aliphatic carbocycles. The first-order valence-electron chi connectivity index (χ1n) is 4.92. The summed E-state index contributed by atoms with van der Waals surface area (Å²) < 4.78 is 4.91. The van der Waals surface area contributed by atoms with Gasteiger partial charge in [0, 0.05) is 0 Å².